The Labute approximate surface area is 168 Å². The Morgan fingerprint density at radius 2 is 1.76 bits per heavy atom. The zero-order valence-corrected chi connectivity index (χ0v) is 16.3. The summed E-state index contributed by atoms with van der Waals surface area (Å²) in [5.74, 6) is 0.347. The number of carbonyl (C=O) groups excluding carboxylic acids is 3. The zero-order chi connectivity index (χ0) is 20.6. The van der Waals surface area contributed by atoms with Crippen molar-refractivity contribution < 1.29 is 23.9 Å². The summed E-state index contributed by atoms with van der Waals surface area (Å²) in [5.41, 5.74) is -0.109. The molecule has 7 nitrogen and oxygen atoms in total. The fraction of sp³-hybridized carbons (Fsp3) is 0.318. The summed E-state index contributed by atoms with van der Waals surface area (Å²) < 4.78 is 10.9. The van der Waals surface area contributed by atoms with Gasteiger partial charge in [-0.15, -0.1) is 0 Å². The van der Waals surface area contributed by atoms with Gasteiger partial charge in [-0.05, 0) is 25.1 Å². The average Bonchev–Trinajstić information content (AvgIpc) is 3.05. The van der Waals surface area contributed by atoms with E-state index < -0.39 is 11.5 Å². The Bertz CT molecular complexity index is 989. The highest BCUT2D eigenvalue weighted by Gasteiger charge is 2.52. The van der Waals surface area contributed by atoms with Crippen molar-refractivity contribution in [1.29, 1.82) is 0 Å². The van der Waals surface area contributed by atoms with Crippen molar-refractivity contribution in [1.82, 2.24) is 10.2 Å². The van der Waals surface area contributed by atoms with Crippen molar-refractivity contribution in [3.05, 3.63) is 59.7 Å². The quantitative estimate of drug-likeness (QED) is 0.856. The van der Waals surface area contributed by atoms with Crippen LogP contribution in [0.5, 0.6) is 11.5 Å². The first kappa shape index (κ1) is 19.0. The molecule has 2 aromatic rings. The topological polar surface area (TPSA) is 84.9 Å². The number of para-hydroxylation sites is 2. The molecule has 29 heavy (non-hydrogen) atoms. The van der Waals surface area contributed by atoms with Gasteiger partial charge in [0.05, 0.1) is 24.1 Å². The number of methoxy groups -OCH3 is 1. The number of benzene rings is 2. The number of carbonyl (C=O) groups is 3. The van der Waals surface area contributed by atoms with Crippen molar-refractivity contribution >= 4 is 17.6 Å². The molecule has 0 saturated carbocycles. The Hall–Kier alpha value is -3.35. The maximum atomic E-state index is 13.2. The van der Waals surface area contributed by atoms with Crippen LogP contribution >= 0.6 is 0 Å². The molecule has 1 N–H and O–H groups in total. The second kappa shape index (κ2) is 7.24. The lowest BCUT2D eigenvalue weighted by molar-refractivity contribution is -0.132. The first-order valence-corrected chi connectivity index (χ1v) is 9.42. The van der Waals surface area contributed by atoms with Gasteiger partial charge in [0.15, 0.2) is 23.9 Å². The summed E-state index contributed by atoms with van der Waals surface area (Å²) in [5, 5.41) is 2.93. The maximum absolute atomic E-state index is 13.2. The number of ether oxygens (including phenoxy) is 2. The number of hydrogen-bond acceptors (Lipinski definition) is 5. The second-order valence-electron chi connectivity index (χ2n) is 7.53. The lowest BCUT2D eigenvalue weighted by Gasteiger charge is -2.26. The summed E-state index contributed by atoms with van der Waals surface area (Å²) in [6.07, 6.45) is 0. The second-order valence-corrected chi connectivity index (χ2v) is 7.53. The van der Waals surface area contributed by atoms with Crippen molar-refractivity contribution in [2.24, 2.45) is 5.41 Å². The average molecular weight is 394 g/mol. The molecular weight excluding hydrogens is 372 g/mol. The lowest BCUT2D eigenvalue weighted by atomic mass is 9.78. The van der Waals surface area contributed by atoms with Crippen molar-refractivity contribution in [2.45, 2.75) is 13.0 Å². The van der Waals surface area contributed by atoms with E-state index in [-0.39, 0.29) is 37.3 Å². The third-order valence-electron chi connectivity index (χ3n) is 5.70. The van der Waals surface area contributed by atoms with Crippen LogP contribution in [0.4, 0.5) is 0 Å². The first-order valence-electron chi connectivity index (χ1n) is 9.42. The van der Waals surface area contributed by atoms with Gasteiger partial charge in [0.2, 0.25) is 0 Å². The monoisotopic (exact) mass is 394 g/mol. The molecule has 2 amide bonds. The summed E-state index contributed by atoms with van der Waals surface area (Å²) in [7, 11) is 1.53. The number of nitrogens with zero attached hydrogens (tertiary/aromatic N) is 1. The molecule has 2 atom stereocenters. The molecule has 150 valence electrons. The number of ketones is 1. The number of amides is 2. The van der Waals surface area contributed by atoms with Gasteiger partial charge in [-0.25, -0.2) is 0 Å². The minimum atomic E-state index is -0.887. The van der Waals surface area contributed by atoms with E-state index in [1.807, 2.05) is 6.07 Å². The normalized spacial score (nSPS) is 23.0. The highest BCUT2D eigenvalue weighted by Crippen LogP contribution is 2.37. The third-order valence-corrected chi connectivity index (χ3v) is 5.70. The number of Topliss-reactive ketones (excluding diaryl/α,β-unsaturated/α-hetero) is 1. The number of fused-ring (bicyclic) bond motifs is 2. The molecule has 0 unspecified atom stereocenters. The molecule has 0 spiro atoms. The van der Waals surface area contributed by atoms with Crippen LogP contribution in [0.1, 0.15) is 27.6 Å². The third kappa shape index (κ3) is 3.22. The molecule has 0 radical (unpaired) electrons. The first-order chi connectivity index (χ1) is 13.9. The van der Waals surface area contributed by atoms with Gasteiger partial charge in [-0.1, -0.05) is 30.3 Å². The SMILES string of the molecule is COc1ccccc1OCC(=O)N1C[C@H]2NC(=O)c3ccccc3C(=O)[C@@]2(C)C1. The van der Waals surface area contributed by atoms with Gasteiger partial charge < -0.3 is 19.7 Å². The van der Waals surface area contributed by atoms with E-state index in [0.29, 0.717) is 22.6 Å². The summed E-state index contributed by atoms with van der Waals surface area (Å²) in [6.45, 7) is 2.11. The number of nitrogens with one attached hydrogen (secondary N) is 1. The van der Waals surface area contributed by atoms with Crippen LogP contribution in [-0.4, -0.2) is 55.3 Å². The molecule has 2 heterocycles. The minimum absolute atomic E-state index is 0.127. The summed E-state index contributed by atoms with van der Waals surface area (Å²) >= 11 is 0. The lowest BCUT2D eigenvalue weighted by Crippen LogP contribution is -2.47. The molecular formula is C22H22N2O5. The van der Waals surface area contributed by atoms with Crippen LogP contribution in [0.2, 0.25) is 0 Å². The van der Waals surface area contributed by atoms with E-state index in [4.69, 9.17) is 9.47 Å². The van der Waals surface area contributed by atoms with Crippen LogP contribution < -0.4 is 14.8 Å². The van der Waals surface area contributed by atoms with Crippen molar-refractivity contribution in [2.75, 3.05) is 26.8 Å². The molecule has 2 aromatic carbocycles. The number of likely N-dealkylation sites (tertiary alicyclic amines) is 1. The van der Waals surface area contributed by atoms with Crippen molar-refractivity contribution in [3.8, 4) is 11.5 Å². The predicted octanol–water partition coefficient (Wildman–Crippen LogP) is 1.92. The van der Waals surface area contributed by atoms with E-state index in [1.54, 1.807) is 54.3 Å². The van der Waals surface area contributed by atoms with Gasteiger partial charge in [-0.3, -0.25) is 14.4 Å². The Morgan fingerprint density at radius 1 is 1.10 bits per heavy atom. The van der Waals surface area contributed by atoms with Gasteiger partial charge >= 0.3 is 0 Å². The minimum Gasteiger partial charge on any atom is -0.493 e. The predicted molar refractivity (Wildman–Crippen MR) is 105 cm³/mol. The molecule has 0 bridgehead atoms. The molecule has 1 saturated heterocycles. The number of hydrogen-bond donors (Lipinski definition) is 1. The molecule has 0 aromatic heterocycles. The molecule has 4 rings (SSSR count). The Kier molecular flexibility index (Phi) is 4.74. The number of rotatable bonds is 4. The maximum Gasteiger partial charge on any atom is 0.260 e. The van der Waals surface area contributed by atoms with Gasteiger partial charge in [-0.2, -0.15) is 0 Å². The molecule has 0 aliphatic carbocycles. The standard InChI is InChI=1S/C22H22N2O5/c1-22-13-24(19(25)12-29-17-10-6-5-9-16(17)28-2)11-18(22)23-21(27)15-8-4-3-7-14(15)20(22)26/h3-10,18H,11-13H2,1-2H3,(H,23,27)/t18-,22+/m1/s1. The van der Waals surface area contributed by atoms with Gasteiger partial charge in [0.1, 0.15) is 0 Å². The highest BCUT2D eigenvalue weighted by molar-refractivity contribution is 6.12. The molecule has 2 aliphatic rings. The van der Waals surface area contributed by atoms with Crippen LogP contribution in [0.15, 0.2) is 48.5 Å². The smallest absolute Gasteiger partial charge is 0.260 e. The summed E-state index contributed by atoms with van der Waals surface area (Å²) in [4.78, 5) is 40.2. The van der Waals surface area contributed by atoms with Crippen LogP contribution in [0, 0.1) is 5.41 Å². The van der Waals surface area contributed by atoms with Crippen LogP contribution in [0.3, 0.4) is 0 Å². The van der Waals surface area contributed by atoms with Crippen LogP contribution in [-0.2, 0) is 4.79 Å². The molecule has 1 fully saturated rings. The fourth-order valence-corrected chi connectivity index (χ4v) is 4.01. The Morgan fingerprint density at radius 3 is 2.48 bits per heavy atom. The van der Waals surface area contributed by atoms with Gasteiger partial charge in [0, 0.05) is 18.7 Å². The van der Waals surface area contributed by atoms with E-state index in [2.05, 4.69) is 5.32 Å². The molecule has 7 heteroatoms. The highest BCUT2D eigenvalue weighted by atomic mass is 16.5. The fourth-order valence-electron chi connectivity index (χ4n) is 4.01. The van der Waals surface area contributed by atoms with Crippen molar-refractivity contribution in [3.63, 3.8) is 0 Å². The van der Waals surface area contributed by atoms with Gasteiger partial charge in [0.25, 0.3) is 11.8 Å². The van der Waals surface area contributed by atoms with E-state index >= 15 is 0 Å². The molecule has 2 aliphatic heterocycles. The van der Waals surface area contributed by atoms with Crippen LogP contribution in [0.25, 0.3) is 0 Å². The zero-order valence-electron chi connectivity index (χ0n) is 16.3. The largest absolute Gasteiger partial charge is 0.493 e. The van der Waals surface area contributed by atoms with E-state index in [1.165, 1.54) is 7.11 Å². The summed E-state index contributed by atoms with van der Waals surface area (Å²) in [6, 6.07) is 13.4. The van der Waals surface area contributed by atoms with E-state index in [9.17, 15) is 14.4 Å². The van der Waals surface area contributed by atoms with E-state index in [0.717, 1.165) is 0 Å². The Balaban J connectivity index is 1.51.